The molecule has 0 aliphatic heterocycles. The highest BCUT2D eigenvalue weighted by molar-refractivity contribution is 8.15. The molecule has 0 unspecified atom stereocenters. The van der Waals surface area contributed by atoms with Gasteiger partial charge in [0.05, 0.1) is 4.88 Å². The Bertz CT molecular complexity index is 649. The number of pyridine rings is 1. The Balaban J connectivity index is 2.37. The van der Waals surface area contributed by atoms with Crippen LogP contribution in [0.5, 0.6) is 0 Å². The summed E-state index contributed by atoms with van der Waals surface area (Å²) in [5.74, 6) is -0.317. The van der Waals surface area contributed by atoms with Crippen molar-refractivity contribution >= 4 is 36.9 Å². The van der Waals surface area contributed by atoms with Crippen LogP contribution < -0.4 is 0 Å². The number of aromatic nitrogens is 1. The van der Waals surface area contributed by atoms with Crippen molar-refractivity contribution in [2.24, 2.45) is 0 Å². The first-order valence-electron chi connectivity index (χ1n) is 4.49. The van der Waals surface area contributed by atoms with E-state index in [9.17, 15) is 13.2 Å². The van der Waals surface area contributed by atoms with E-state index in [0.29, 0.717) is 4.88 Å². The monoisotopic (exact) mass is 287 g/mol. The number of rotatable bonds is 3. The minimum absolute atomic E-state index is 0.0431. The second-order valence-electron chi connectivity index (χ2n) is 3.10. The normalized spacial score (nSPS) is 11.4. The molecule has 0 amide bonds. The molecule has 2 rings (SSSR count). The minimum Gasteiger partial charge on any atom is -0.286 e. The van der Waals surface area contributed by atoms with Crippen molar-refractivity contribution in [2.75, 3.05) is 0 Å². The maximum atomic E-state index is 11.9. The van der Waals surface area contributed by atoms with Crippen LogP contribution in [0.4, 0.5) is 0 Å². The molecule has 0 spiro atoms. The second kappa shape index (κ2) is 4.56. The predicted molar refractivity (Wildman–Crippen MR) is 65.0 cm³/mol. The van der Waals surface area contributed by atoms with Crippen LogP contribution in [0.25, 0.3) is 0 Å². The van der Waals surface area contributed by atoms with Gasteiger partial charge in [-0.1, -0.05) is 6.07 Å². The number of hydrogen-bond donors (Lipinski definition) is 0. The highest BCUT2D eigenvalue weighted by Crippen LogP contribution is 2.26. The maximum Gasteiger partial charge on any atom is 0.270 e. The molecule has 0 fully saturated rings. The van der Waals surface area contributed by atoms with E-state index < -0.39 is 9.05 Å². The summed E-state index contributed by atoms with van der Waals surface area (Å²) in [6.07, 6.45) is 1.50. The molecule has 0 N–H and O–H groups in total. The zero-order valence-corrected chi connectivity index (χ0v) is 10.7. The lowest BCUT2D eigenvalue weighted by molar-refractivity contribution is 0.103. The van der Waals surface area contributed by atoms with E-state index >= 15 is 0 Å². The zero-order chi connectivity index (χ0) is 12.5. The number of carbonyl (C=O) groups excluding carboxylic acids is 1. The fourth-order valence-corrected chi connectivity index (χ4v) is 3.22. The largest absolute Gasteiger partial charge is 0.286 e. The smallest absolute Gasteiger partial charge is 0.270 e. The molecule has 0 bridgehead atoms. The summed E-state index contributed by atoms with van der Waals surface area (Å²) < 4.78 is 22.1. The highest BCUT2D eigenvalue weighted by atomic mass is 35.7. The van der Waals surface area contributed by atoms with Gasteiger partial charge in [-0.05, 0) is 24.3 Å². The molecule has 2 aromatic heterocycles. The average Bonchev–Trinajstić information content (AvgIpc) is 2.78. The van der Waals surface area contributed by atoms with Crippen LogP contribution in [0.2, 0.25) is 0 Å². The van der Waals surface area contributed by atoms with Gasteiger partial charge in [0, 0.05) is 16.9 Å². The summed E-state index contributed by atoms with van der Waals surface area (Å²) >= 11 is 0.833. The topological polar surface area (TPSA) is 64.1 Å². The molecule has 0 saturated heterocycles. The minimum atomic E-state index is -3.78. The number of hydrogen-bond acceptors (Lipinski definition) is 5. The van der Waals surface area contributed by atoms with Gasteiger partial charge in [-0.2, -0.15) is 0 Å². The van der Waals surface area contributed by atoms with Gasteiger partial charge < -0.3 is 0 Å². The maximum absolute atomic E-state index is 11.9. The zero-order valence-electron chi connectivity index (χ0n) is 8.33. The van der Waals surface area contributed by atoms with Gasteiger partial charge in [-0.15, -0.1) is 11.3 Å². The van der Waals surface area contributed by atoms with Gasteiger partial charge in [0.1, 0.15) is 9.90 Å². The van der Waals surface area contributed by atoms with Gasteiger partial charge in [0.2, 0.25) is 5.78 Å². The molecule has 0 saturated carbocycles. The summed E-state index contributed by atoms with van der Waals surface area (Å²) in [7, 11) is 1.40. The third-order valence-electron chi connectivity index (χ3n) is 1.94. The molecule has 7 heteroatoms. The molecule has 0 aliphatic rings. The number of ketones is 1. The Morgan fingerprint density at radius 1 is 1.24 bits per heavy atom. The van der Waals surface area contributed by atoms with E-state index in [1.807, 2.05) is 0 Å². The van der Waals surface area contributed by atoms with Crippen molar-refractivity contribution in [1.29, 1.82) is 0 Å². The van der Waals surface area contributed by atoms with Crippen molar-refractivity contribution in [3.63, 3.8) is 0 Å². The average molecular weight is 288 g/mol. The molecule has 0 aliphatic carbocycles. The third kappa shape index (κ3) is 2.71. The first-order chi connectivity index (χ1) is 7.98. The molecule has 88 valence electrons. The van der Waals surface area contributed by atoms with Crippen LogP contribution in [-0.2, 0) is 9.05 Å². The number of thiophene rings is 1. The Kier molecular flexibility index (Phi) is 3.28. The van der Waals surface area contributed by atoms with Crippen LogP contribution in [-0.4, -0.2) is 19.2 Å². The van der Waals surface area contributed by atoms with Gasteiger partial charge in [0.25, 0.3) is 9.05 Å². The summed E-state index contributed by atoms with van der Waals surface area (Å²) in [5.41, 5.74) is 0.271. The van der Waals surface area contributed by atoms with Crippen molar-refractivity contribution < 1.29 is 13.2 Å². The van der Waals surface area contributed by atoms with E-state index in [2.05, 4.69) is 4.98 Å². The summed E-state index contributed by atoms with van der Waals surface area (Å²) in [4.78, 5) is 16.1. The predicted octanol–water partition coefficient (Wildman–Crippen LogP) is 2.30. The van der Waals surface area contributed by atoms with E-state index in [1.54, 1.807) is 18.2 Å². The van der Waals surface area contributed by atoms with Crippen molar-refractivity contribution in [3.8, 4) is 0 Å². The van der Waals surface area contributed by atoms with Crippen molar-refractivity contribution in [3.05, 3.63) is 47.1 Å². The highest BCUT2D eigenvalue weighted by Gasteiger charge is 2.18. The Labute approximate surface area is 106 Å². The van der Waals surface area contributed by atoms with Gasteiger partial charge in [-0.25, -0.2) is 8.42 Å². The molecule has 2 heterocycles. The first kappa shape index (κ1) is 12.2. The van der Waals surface area contributed by atoms with Crippen LogP contribution in [0.15, 0.2) is 40.7 Å². The molecule has 4 nitrogen and oxygen atoms in total. The van der Waals surface area contributed by atoms with Crippen LogP contribution in [0.3, 0.4) is 0 Å². The third-order valence-corrected chi connectivity index (χ3v) is 5.12. The fraction of sp³-hybridized carbons (Fsp3) is 0. The molecular formula is C10H6ClNO3S2. The fourth-order valence-electron chi connectivity index (χ4n) is 1.20. The number of nitrogens with zero attached hydrogens (tertiary/aromatic N) is 1. The lowest BCUT2D eigenvalue weighted by atomic mass is 10.2. The van der Waals surface area contributed by atoms with Crippen LogP contribution in [0.1, 0.15) is 15.4 Å². The molecule has 0 radical (unpaired) electrons. The molecule has 2 aromatic rings. The Hall–Kier alpha value is -1.24. The second-order valence-corrected chi connectivity index (χ2v) is 6.98. The lowest BCUT2D eigenvalue weighted by Crippen LogP contribution is -2.00. The van der Waals surface area contributed by atoms with E-state index in [-0.39, 0.29) is 15.7 Å². The van der Waals surface area contributed by atoms with Crippen LogP contribution >= 0.6 is 22.0 Å². The van der Waals surface area contributed by atoms with Gasteiger partial charge in [-0.3, -0.25) is 9.78 Å². The van der Waals surface area contributed by atoms with Crippen molar-refractivity contribution in [1.82, 2.24) is 4.98 Å². The lowest BCUT2D eigenvalue weighted by Gasteiger charge is -1.95. The van der Waals surface area contributed by atoms with Gasteiger partial charge in [0.15, 0.2) is 0 Å². The standard InChI is InChI=1S/C10H6ClNO3S2/c11-17(14,15)9-5-4-8(16-9)10(13)7-3-1-2-6-12-7/h1-6H. The number of halogens is 1. The Morgan fingerprint density at radius 2 is 2.00 bits per heavy atom. The van der Waals surface area contributed by atoms with Crippen molar-refractivity contribution in [2.45, 2.75) is 4.21 Å². The summed E-state index contributed by atoms with van der Waals surface area (Å²) in [6.45, 7) is 0. The van der Waals surface area contributed by atoms with Crippen LogP contribution in [0, 0.1) is 0 Å². The summed E-state index contributed by atoms with van der Waals surface area (Å²) in [6, 6.07) is 7.68. The molecule has 0 aromatic carbocycles. The molecular weight excluding hydrogens is 282 g/mol. The van der Waals surface area contributed by atoms with E-state index in [4.69, 9.17) is 10.7 Å². The van der Waals surface area contributed by atoms with E-state index in [0.717, 1.165) is 11.3 Å². The molecule has 17 heavy (non-hydrogen) atoms. The SMILES string of the molecule is O=C(c1ccccn1)c1ccc(S(=O)(=O)Cl)s1. The molecule has 0 atom stereocenters. The first-order valence-corrected chi connectivity index (χ1v) is 7.61. The van der Waals surface area contributed by atoms with Gasteiger partial charge >= 0.3 is 0 Å². The quantitative estimate of drug-likeness (QED) is 0.642. The Morgan fingerprint density at radius 3 is 2.53 bits per heavy atom. The number of carbonyl (C=O) groups is 1. The van der Waals surface area contributed by atoms with E-state index in [1.165, 1.54) is 18.3 Å². The summed E-state index contributed by atoms with van der Waals surface area (Å²) in [5, 5.41) is 0.